The van der Waals surface area contributed by atoms with Crippen molar-refractivity contribution in [2.24, 2.45) is 11.8 Å². The highest BCUT2D eigenvalue weighted by molar-refractivity contribution is 6.10. The second kappa shape index (κ2) is 7.76. The Morgan fingerprint density at radius 3 is 2.63 bits per heavy atom. The Morgan fingerprint density at radius 1 is 1.23 bits per heavy atom. The predicted octanol–water partition coefficient (Wildman–Crippen LogP) is 3.81. The van der Waals surface area contributed by atoms with Crippen molar-refractivity contribution >= 4 is 23.2 Å². The van der Waals surface area contributed by atoms with Crippen LogP contribution in [-0.2, 0) is 15.1 Å². The van der Waals surface area contributed by atoms with Crippen LogP contribution in [0.4, 0.5) is 11.4 Å². The van der Waals surface area contributed by atoms with Gasteiger partial charge in [0.15, 0.2) is 0 Å². The molecule has 0 radical (unpaired) electrons. The quantitative estimate of drug-likeness (QED) is 0.704. The van der Waals surface area contributed by atoms with Crippen LogP contribution in [0.1, 0.15) is 37.8 Å². The zero-order valence-corrected chi connectivity index (χ0v) is 17.9. The van der Waals surface area contributed by atoms with Gasteiger partial charge in [0.2, 0.25) is 11.8 Å². The van der Waals surface area contributed by atoms with E-state index in [0.29, 0.717) is 18.0 Å². The molecule has 1 spiro atoms. The molecule has 3 N–H and O–H groups in total. The molecule has 6 nitrogen and oxygen atoms in total. The molecule has 0 aliphatic carbocycles. The molecule has 0 saturated carbocycles. The highest BCUT2D eigenvalue weighted by atomic mass is 16.5. The Morgan fingerprint density at radius 2 is 1.97 bits per heavy atom. The summed E-state index contributed by atoms with van der Waals surface area (Å²) < 4.78 is 5.19. The van der Waals surface area contributed by atoms with E-state index in [0.717, 1.165) is 29.0 Å². The van der Waals surface area contributed by atoms with Crippen LogP contribution in [0.2, 0.25) is 0 Å². The highest BCUT2D eigenvalue weighted by Gasteiger charge is 2.60. The topological polar surface area (TPSA) is 79.5 Å². The van der Waals surface area contributed by atoms with Gasteiger partial charge in [-0.3, -0.25) is 14.9 Å². The first-order valence-electron chi connectivity index (χ1n) is 10.5. The van der Waals surface area contributed by atoms with E-state index in [-0.39, 0.29) is 17.9 Å². The average Bonchev–Trinajstić information content (AvgIpc) is 3.21. The van der Waals surface area contributed by atoms with Gasteiger partial charge >= 0.3 is 0 Å². The molecule has 1 saturated heterocycles. The van der Waals surface area contributed by atoms with Gasteiger partial charge in [0.05, 0.1) is 13.0 Å². The van der Waals surface area contributed by atoms with Gasteiger partial charge in [0, 0.05) is 23.0 Å². The van der Waals surface area contributed by atoms with Crippen molar-refractivity contribution in [2.45, 2.75) is 45.2 Å². The van der Waals surface area contributed by atoms with E-state index in [4.69, 9.17) is 4.74 Å². The Bertz CT molecular complexity index is 970. The van der Waals surface area contributed by atoms with Gasteiger partial charge < -0.3 is 15.4 Å². The van der Waals surface area contributed by atoms with Gasteiger partial charge in [-0.25, -0.2) is 0 Å². The number of ether oxygens (including phenoxy) is 1. The number of hydrogen-bond acceptors (Lipinski definition) is 4. The molecule has 2 aromatic rings. The molecule has 30 heavy (non-hydrogen) atoms. The standard InChI is InChI=1S/C24H29N3O3/c1-14(2)11-17-13-20(22(28)25-16-6-8-18(30-4)9-7-16)24(27-17)19-12-15(3)5-10-21(19)26-23(24)29/h5-10,12,14,17,20,27H,11,13H2,1-4H3,(H,25,28)(H,26,29)/t17-,20+,24-/m0/s1. The monoisotopic (exact) mass is 407 g/mol. The number of hydrogen-bond donors (Lipinski definition) is 3. The summed E-state index contributed by atoms with van der Waals surface area (Å²) in [5.41, 5.74) is 2.36. The van der Waals surface area contributed by atoms with Crippen LogP contribution in [0, 0.1) is 18.8 Å². The van der Waals surface area contributed by atoms with Crippen LogP contribution >= 0.6 is 0 Å². The molecule has 0 aromatic heterocycles. The van der Waals surface area contributed by atoms with Crippen molar-refractivity contribution in [3.8, 4) is 5.75 Å². The van der Waals surface area contributed by atoms with Gasteiger partial charge in [0.1, 0.15) is 11.3 Å². The van der Waals surface area contributed by atoms with E-state index in [1.807, 2.05) is 37.3 Å². The van der Waals surface area contributed by atoms with Gasteiger partial charge in [-0.1, -0.05) is 31.5 Å². The summed E-state index contributed by atoms with van der Waals surface area (Å²) >= 11 is 0. The van der Waals surface area contributed by atoms with Crippen molar-refractivity contribution in [1.82, 2.24) is 5.32 Å². The van der Waals surface area contributed by atoms with Crippen molar-refractivity contribution in [1.29, 1.82) is 0 Å². The van der Waals surface area contributed by atoms with Crippen molar-refractivity contribution in [2.75, 3.05) is 17.7 Å². The van der Waals surface area contributed by atoms with Crippen LogP contribution in [0.25, 0.3) is 0 Å². The molecule has 3 atom stereocenters. The summed E-state index contributed by atoms with van der Waals surface area (Å²) in [7, 11) is 1.61. The number of amides is 2. The SMILES string of the molecule is COc1ccc(NC(=O)[C@H]2C[C@H](CC(C)C)N[C@]23C(=O)Nc2ccc(C)cc23)cc1. The number of fused-ring (bicyclic) bond motifs is 2. The molecule has 6 heteroatoms. The maximum absolute atomic E-state index is 13.4. The summed E-state index contributed by atoms with van der Waals surface area (Å²) in [6, 6.07) is 13.2. The van der Waals surface area contributed by atoms with Crippen LogP contribution < -0.4 is 20.7 Å². The van der Waals surface area contributed by atoms with E-state index in [1.54, 1.807) is 19.2 Å². The number of nitrogens with one attached hydrogen (secondary N) is 3. The lowest BCUT2D eigenvalue weighted by Crippen LogP contribution is -2.52. The number of benzene rings is 2. The molecular formula is C24H29N3O3. The lowest BCUT2D eigenvalue weighted by Gasteiger charge is -2.29. The van der Waals surface area contributed by atoms with E-state index in [1.165, 1.54) is 0 Å². The number of anilines is 2. The van der Waals surface area contributed by atoms with Crippen LogP contribution in [0.15, 0.2) is 42.5 Å². The second-order valence-corrected chi connectivity index (χ2v) is 8.79. The molecule has 2 heterocycles. The van der Waals surface area contributed by atoms with Crippen LogP contribution in [-0.4, -0.2) is 25.0 Å². The van der Waals surface area contributed by atoms with Crippen molar-refractivity contribution in [3.05, 3.63) is 53.6 Å². The zero-order chi connectivity index (χ0) is 21.5. The Labute approximate surface area is 177 Å². The molecule has 4 rings (SSSR count). The maximum Gasteiger partial charge on any atom is 0.250 e. The fraction of sp³-hybridized carbons (Fsp3) is 0.417. The molecule has 2 aliphatic heterocycles. The minimum Gasteiger partial charge on any atom is -0.497 e. The maximum atomic E-state index is 13.4. The molecule has 0 bridgehead atoms. The summed E-state index contributed by atoms with van der Waals surface area (Å²) in [4.78, 5) is 26.7. The predicted molar refractivity (Wildman–Crippen MR) is 118 cm³/mol. The van der Waals surface area contributed by atoms with Crippen LogP contribution in [0.3, 0.4) is 0 Å². The lowest BCUT2D eigenvalue weighted by molar-refractivity contribution is -0.130. The molecule has 2 aliphatic rings. The smallest absolute Gasteiger partial charge is 0.250 e. The summed E-state index contributed by atoms with van der Waals surface area (Å²) in [6.45, 7) is 6.32. The average molecular weight is 408 g/mol. The van der Waals surface area contributed by atoms with E-state index >= 15 is 0 Å². The first-order chi connectivity index (χ1) is 14.3. The molecule has 2 aromatic carbocycles. The first-order valence-corrected chi connectivity index (χ1v) is 10.5. The summed E-state index contributed by atoms with van der Waals surface area (Å²) in [6.07, 6.45) is 1.52. The third-order valence-corrected chi connectivity index (χ3v) is 6.11. The van der Waals surface area contributed by atoms with Crippen LogP contribution in [0.5, 0.6) is 5.75 Å². The number of carbonyl (C=O) groups is 2. The third kappa shape index (κ3) is 3.45. The zero-order valence-electron chi connectivity index (χ0n) is 17.9. The molecule has 0 unspecified atom stereocenters. The van der Waals surface area contributed by atoms with Gasteiger partial charge in [0.25, 0.3) is 0 Å². The minimum absolute atomic E-state index is 0.0915. The number of methoxy groups -OCH3 is 1. The first kappa shape index (κ1) is 20.4. The Hall–Kier alpha value is -2.86. The fourth-order valence-corrected chi connectivity index (χ4v) is 4.80. The minimum atomic E-state index is -1.04. The lowest BCUT2D eigenvalue weighted by atomic mass is 9.79. The highest BCUT2D eigenvalue weighted by Crippen LogP contribution is 2.48. The molecule has 2 amide bonds. The van der Waals surface area contributed by atoms with Gasteiger partial charge in [-0.15, -0.1) is 0 Å². The third-order valence-electron chi connectivity index (χ3n) is 6.11. The molecule has 158 valence electrons. The molecular weight excluding hydrogens is 378 g/mol. The second-order valence-electron chi connectivity index (χ2n) is 8.79. The number of carbonyl (C=O) groups excluding carboxylic acids is 2. The van der Waals surface area contributed by atoms with Gasteiger partial charge in [-0.05, 0) is 56.0 Å². The number of aryl methyl sites for hydroxylation is 1. The normalized spacial score (nSPS) is 24.8. The van der Waals surface area contributed by atoms with Crippen molar-refractivity contribution in [3.63, 3.8) is 0 Å². The van der Waals surface area contributed by atoms with Crippen molar-refractivity contribution < 1.29 is 14.3 Å². The number of rotatable bonds is 5. The van der Waals surface area contributed by atoms with E-state index in [9.17, 15) is 9.59 Å². The Balaban J connectivity index is 1.69. The molecule has 1 fully saturated rings. The largest absolute Gasteiger partial charge is 0.497 e. The summed E-state index contributed by atoms with van der Waals surface area (Å²) in [5, 5.41) is 9.58. The Kier molecular flexibility index (Phi) is 5.28. The summed E-state index contributed by atoms with van der Waals surface area (Å²) in [5.74, 6) is 0.382. The fourth-order valence-electron chi connectivity index (χ4n) is 4.80. The van der Waals surface area contributed by atoms with Gasteiger partial charge in [-0.2, -0.15) is 0 Å². The van der Waals surface area contributed by atoms with E-state index < -0.39 is 11.5 Å². The van der Waals surface area contributed by atoms with E-state index in [2.05, 4.69) is 29.8 Å².